The van der Waals surface area contributed by atoms with E-state index in [9.17, 15) is 14.0 Å². The summed E-state index contributed by atoms with van der Waals surface area (Å²) in [6, 6.07) is 12.9. The average molecular weight is 451 g/mol. The SMILES string of the molecule is COc1ccc(OCC(=O)NCCn2ncc3c(=O)n(Cc4ccc(F)cc4)cnc32)cc1. The Hall–Kier alpha value is -4.21. The molecule has 0 radical (unpaired) electrons. The van der Waals surface area contributed by atoms with Crippen molar-refractivity contribution in [3.63, 3.8) is 0 Å². The number of fused-ring (bicyclic) bond motifs is 1. The Balaban J connectivity index is 1.32. The molecule has 2 aromatic carbocycles. The summed E-state index contributed by atoms with van der Waals surface area (Å²) < 4.78 is 26.6. The highest BCUT2D eigenvalue weighted by atomic mass is 19.1. The van der Waals surface area contributed by atoms with Crippen molar-refractivity contribution >= 4 is 16.9 Å². The summed E-state index contributed by atoms with van der Waals surface area (Å²) in [7, 11) is 1.57. The third kappa shape index (κ3) is 5.35. The molecule has 0 unspecified atom stereocenters. The average Bonchev–Trinajstić information content (AvgIpc) is 3.25. The zero-order valence-corrected chi connectivity index (χ0v) is 17.9. The van der Waals surface area contributed by atoms with Crippen molar-refractivity contribution in [2.75, 3.05) is 20.3 Å². The largest absolute Gasteiger partial charge is 0.497 e. The minimum atomic E-state index is -0.333. The number of benzene rings is 2. The number of hydrogen-bond acceptors (Lipinski definition) is 6. The zero-order valence-electron chi connectivity index (χ0n) is 17.9. The minimum absolute atomic E-state index is 0.126. The van der Waals surface area contributed by atoms with Gasteiger partial charge in [0.05, 0.1) is 26.4 Å². The molecule has 0 spiro atoms. The fourth-order valence-electron chi connectivity index (χ4n) is 3.23. The number of carbonyl (C=O) groups is 1. The van der Waals surface area contributed by atoms with Gasteiger partial charge in [-0.15, -0.1) is 0 Å². The van der Waals surface area contributed by atoms with Crippen molar-refractivity contribution in [2.45, 2.75) is 13.1 Å². The number of nitrogens with zero attached hydrogens (tertiary/aromatic N) is 4. The van der Waals surface area contributed by atoms with Crippen LogP contribution in [0, 0.1) is 5.82 Å². The van der Waals surface area contributed by atoms with E-state index in [1.807, 2.05) is 0 Å². The summed E-state index contributed by atoms with van der Waals surface area (Å²) >= 11 is 0. The number of amides is 1. The number of rotatable bonds is 9. The van der Waals surface area contributed by atoms with E-state index in [0.29, 0.717) is 35.6 Å². The van der Waals surface area contributed by atoms with Crippen LogP contribution in [-0.4, -0.2) is 45.5 Å². The molecule has 1 amide bonds. The molecule has 0 bridgehead atoms. The monoisotopic (exact) mass is 451 g/mol. The summed E-state index contributed by atoms with van der Waals surface area (Å²) in [6.07, 6.45) is 2.90. The molecule has 2 aromatic heterocycles. The second-order valence-corrected chi connectivity index (χ2v) is 7.22. The number of methoxy groups -OCH3 is 1. The van der Waals surface area contributed by atoms with Crippen molar-refractivity contribution < 1.29 is 18.7 Å². The van der Waals surface area contributed by atoms with E-state index < -0.39 is 0 Å². The lowest BCUT2D eigenvalue weighted by atomic mass is 10.2. The summed E-state index contributed by atoms with van der Waals surface area (Å²) in [4.78, 5) is 29.1. The van der Waals surface area contributed by atoms with Gasteiger partial charge in [0.25, 0.3) is 11.5 Å². The fraction of sp³-hybridized carbons (Fsp3) is 0.217. The lowest BCUT2D eigenvalue weighted by Crippen LogP contribution is -2.31. The number of ether oxygens (including phenoxy) is 2. The Bertz CT molecular complexity index is 1300. The van der Waals surface area contributed by atoms with Crippen LogP contribution in [0.15, 0.2) is 65.8 Å². The quantitative estimate of drug-likeness (QED) is 0.418. The summed E-state index contributed by atoms with van der Waals surface area (Å²) in [5, 5.41) is 7.34. The Morgan fingerprint density at radius 3 is 2.55 bits per heavy atom. The molecule has 0 aliphatic heterocycles. The summed E-state index contributed by atoms with van der Waals surface area (Å²) in [6.45, 7) is 0.782. The van der Waals surface area contributed by atoms with Gasteiger partial charge in [-0.2, -0.15) is 5.10 Å². The molecular formula is C23H22FN5O4. The van der Waals surface area contributed by atoms with Gasteiger partial charge in [-0.1, -0.05) is 12.1 Å². The molecule has 1 N–H and O–H groups in total. The Morgan fingerprint density at radius 1 is 1.09 bits per heavy atom. The second-order valence-electron chi connectivity index (χ2n) is 7.22. The molecule has 0 saturated heterocycles. The van der Waals surface area contributed by atoms with E-state index in [-0.39, 0.29) is 30.4 Å². The van der Waals surface area contributed by atoms with Crippen LogP contribution in [0.1, 0.15) is 5.56 Å². The fourth-order valence-corrected chi connectivity index (χ4v) is 3.23. The standard InChI is InChI=1S/C23H22FN5O4/c1-32-18-6-8-19(9-7-18)33-14-21(30)25-10-11-29-22-20(12-27-29)23(31)28(15-26-22)13-16-2-4-17(24)5-3-16/h2-9,12,15H,10-11,13-14H2,1H3,(H,25,30). The molecule has 9 nitrogen and oxygen atoms in total. The van der Waals surface area contributed by atoms with E-state index in [4.69, 9.17) is 9.47 Å². The molecule has 2 heterocycles. The van der Waals surface area contributed by atoms with Crippen molar-refractivity contribution in [1.82, 2.24) is 24.6 Å². The van der Waals surface area contributed by atoms with Crippen molar-refractivity contribution in [3.05, 3.63) is 82.8 Å². The number of aromatic nitrogens is 4. The summed E-state index contributed by atoms with van der Waals surface area (Å²) in [5.74, 6) is 0.649. The number of carbonyl (C=O) groups excluding carboxylic acids is 1. The number of halogens is 1. The van der Waals surface area contributed by atoms with E-state index in [2.05, 4.69) is 15.4 Å². The number of nitrogens with one attached hydrogen (secondary N) is 1. The van der Waals surface area contributed by atoms with Gasteiger partial charge in [-0.3, -0.25) is 14.2 Å². The lowest BCUT2D eigenvalue weighted by molar-refractivity contribution is -0.123. The van der Waals surface area contributed by atoms with Crippen molar-refractivity contribution in [3.8, 4) is 11.5 Å². The molecular weight excluding hydrogens is 429 g/mol. The molecule has 10 heteroatoms. The van der Waals surface area contributed by atoms with Crippen LogP contribution >= 0.6 is 0 Å². The Labute approximate surface area is 188 Å². The maximum atomic E-state index is 13.1. The molecule has 170 valence electrons. The molecule has 0 saturated carbocycles. The van der Waals surface area contributed by atoms with Crippen LogP contribution in [0.3, 0.4) is 0 Å². The van der Waals surface area contributed by atoms with Crippen LogP contribution in [0.25, 0.3) is 11.0 Å². The van der Waals surface area contributed by atoms with Crippen LogP contribution in [0.5, 0.6) is 11.5 Å². The van der Waals surface area contributed by atoms with Crippen LogP contribution in [0.4, 0.5) is 4.39 Å². The first kappa shape index (κ1) is 22.0. The van der Waals surface area contributed by atoms with Crippen LogP contribution in [-0.2, 0) is 17.9 Å². The highest BCUT2D eigenvalue weighted by molar-refractivity contribution is 5.77. The Morgan fingerprint density at radius 2 is 1.82 bits per heavy atom. The first-order chi connectivity index (χ1) is 16.0. The molecule has 33 heavy (non-hydrogen) atoms. The second kappa shape index (κ2) is 9.94. The minimum Gasteiger partial charge on any atom is -0.497 e. The van der Waals surface area contributed by atoms with Crippen LogP contribution in [0.2, 0.25) is 0 Å². The van der Waals surface area contributed by atoms with Crippen molar-refractivity contribution in [1.29, 1.82) is 0 Å². The van der Waals surface area contributed by atoms with Gasteiger partial charge in [0.2, 0.25) is 0 Å². The van der Waals surface area contributed by atoms with Gasteiger partial charge in [0, 0.05) is 6.54 Å². The molecule has 0 atom stereocenters. The van der Waals surface area contributed by atoms with Gasteiger partial charge in [-0.05, 0) is 42.0 Å². The third-order valence-electron chi connectivity index (χ3n) is 4.96. The molecule has 4 aromatic rings. The third-order valence-corrected chi connectivity index (χ3v) is 4.96. The predicted molar refractivity (Wildman–Crippen MR) is 119 cm³/mol. The maximum absolute atomic E-state index is 13.1. The van der Waals surface area contributed by atoms with E-state index in [0.717, 1.165) is 5.56 Å². The van der Waals surface area contributed by atoms with Crippen LogP contribution < -0.4 is 20.3 Å². The van der Waals surface area contributed by atoms with Gasteiger partial charge < -0.3 is 14.8 Å². The van der Waals surface area contributed by atoms with E-state index >= 15 is 0 Å². The van der Waals surface area contributed by atoms with Gasteiger partial charge in [-0.25, -0.2) is 14.1 Å². The first-order valence-electron chi connectivity index (χ1n) is 10.2. The zero-order chi connectivity index (χ0) is 23.2. The lowest BCUT2D eigenvalue weighted by Gasteiger charge is -2.09. The molecule has 4 rings (SSSR count). The predicted octanol–water partition coefficient (Wildman–Crippen LogP) is 1.98. The topological polar surface area (TPSA) is 100 Å². The highest BCUT2D eigenvalue weighted by Crippen LogP contribution is 2.16. The Kier molecular flexibility index (Phi) is 6.63. The first-order valence-corrected chi connectivity index (χ1v) is 10.2. The van der Waals surface area contributed by atoms with E-state index in [1.165, 1.54) is 29.2 Å². The number of hydrogen-bond donors (Lipinski definition) is 1. The normalized spacial score (nSPS) is 10.8. The van der Waals surface area contributed by atoms with Gasteiger partial charge >= 0.3 is 0 Å². The van der Waals surface area contributed by atoms with Gasteiger partial charge in [0.1, 0.15) is 29.0 Å². The maximum Gasteiger partial charge on any atom is 0.264 e. The summed E-state index contributed by atoms with van der Waals surface area (Å²) in [5.41, 5.74) is 0.971. The van der Waals surface area contributed by atoms with Crippen molar-refractivity contribution in [2.24, 2.45) is 0 Å². The smallest absolute Gasteiger partial charge is 0.264 e. The molecule has 0 aliphatic carbocycles. The van der Waals surface area contributed by atoms with Gasteiger partial charge in [0.15, 0.2) is 12.3 Å². The highest BCUT2D eigenvalue weighted by Gasteiger charge is 2.11. The molecule has 0 fully saturated rings. The molecule has 0 aliphatic rings. The van der Waals surface area contributed by atoms with E-state index in [1.54, 1.807) is 48.2 Å².